The van der Waals surface area contributed by atoms with Crippen LogP contribution in [0.25, 0.3) is 0 Å². The second-order valence-corrected chi connectivity index (χ2v) is 7.95. The molecule has 0 saturated carbocycles. The SMILES string of the molecule is C[C@@H]1C[C@@H](Nc2ccccc2)c2ccccc2N1C(=O)Nc1ccc(Cl)c(Cl)c1. The molecule has 6 heteroatoms. The van der Waals surface area contributed by atoms with Gasteiger partial charge in [-0.1, -0.05) is 59.6 Å². The number of amides is 2. The summed E-state index contributed by atoms with van der Waals surface area (Å²) in [5, 5.41) is 7.40. The van der Waals surface area contributed by atoms with Gasteiger partial charge in [0.05, 0.1) is 21.8 Å². The number of halogens is 2. The van der Waals surface area contributed by atoms with Gasteiger partial charge in [0.25, 0.3) is 0 Å². The van der Waals surface area contributed by atoms with E-state index in [-0.39, 0.29) is 18.1 Å². The minimum atomic E-state index is -0.193. The van der Waals surface area contributed by atoms with E-state index in [1.54, 1.807) is 23.1 Å². The average Bonchev–Trinajstić information content (AvgIpc) is 2.71. The Morgan fingerprint density at radius 2 is 1.66 bits per heavy atom. The number of rotatable bonds is 3. The van der Waals surface area contributed by atoms with E-state index in [9.17, 15) is 4.79 Å². The highest BCUT2D eigenvalue weighted by atomic mass is 35.5. The van der Waals surface area contributed by atoms with Gasteiger partial charge >= 0.3 is 6.03 Å². The van der Waals surface area contributed by atoms with E-state index in [1.807, 2.05) is 36.4 Å². The van der Waals surface area contributed by atoms with Crippen molar-refractivity contribution in [2.45, 2.75) is 25.4 Å². The fourth-order valence-electron chi connectivity index (χ4n) is 3.75. The van der Waals surface area contributed by atoms with E-state index in [0.717, 1.165) is 23.4 Å². The third kappa shape index (κ3) is 4.19. The van der Waals surface area contributed by atoms with Gasteiger partial charge in [-0.15, -0.1) is 0 Å². The molecule has 2 amide bonds. The van der Waals surface area contributed by atoms with Crippen LogP contribution in [0.4, 0.5) is 21.9 Å². The van der Waals surface area contributed by atoms with Crippen LogP contribution in [0.15, 0.2) is 72.8 Å². The van der Waals surface area contributed by atoms with Crippen LogP contribution in [0.3, 0.4) is 0 Å². The van der Waals surface area contributed by atoms with Gasteiger partial charge in [0, 0.05) is 17.4 Å². The van der Waals surface area contributed by atoms with Crippen molar-refractivity contribution in [3.8, 4) is 0 Å². The number of urea groups is 1. The van der Waals surface area contributed by atoms with Gasteiger partial charge in [0.1, 0.15) is 0 Å². The number of anilines is 3. The van der Waals surface area contributed by atoms with Crippen molar-refractivity contribution in [1.82, 2.24) is 0 Å². The monoisotopic (exact) mass is 425 g/mol. The van der Waals surface area contributed by atoms with Gasteiger partial charge in [-0.2, -0.15) is 0 Å². The standard InChI is InChI=1S/C23H21Cl2N3O/c1-15-13-21(26-16-7-3-2-4-8-16)18-9-5-6-10-22(18)28(15)23(29)27-17-11-12-19(24)20(25)14-17/h2-12,14-15,21,26H,13H2,1H3,(H,27,29)/t15-,21-/m1/s1. The van der Waals surface area contributed by atoms with Gasteiger partial charge in [0.2, 0.25) is 0 Å². The number of carbonyl (C=O) groups excluding carboxylic acids is 1. The Kier molecular flexibility index (Phi) is 5.65. The summed E-state index contributed by atoms with van der Waals surface area (Å²) in [5.41, 5.74) is 3.67. The summed E-state index contributed by atoms with van der Waals surface area (Å²) in [6.07, 6.45) is 0.792. The summed E-state index contributed by atoms with van der Waals surface area (Å²) in [6, 6.07) is 23.1. The van der Waals surface area contributed by atoms with Crippen molar-refractivity contribution >= 4 is 46.3 Å². The van der Waals surface area contributed by atoms with E-state index in [0.29, 0.717) is 15.7 Å². The topological polar surface area (TPSA) is 44.4 Å². The van der Waals surface area contributed by atoms with E-state index in [1.165, 1.54) is 0 Å². The quantitative estimate of drug-likeness (QED) is 0.475. The van der Waals surface area contributed by atoms with Crippen LogP contribution in [-0.2, 0) is 0 Å². The Balaban J connectivity index is 1.60. The Morgan fingerprint density at radius 3 is 2.41 bits per heavy atom. The zero-order valence-corrected chi connectivity index (χ0v) is 17.4. The Bertz CT molecular complexity index is 1030. The number of para-hydroxylation sites is 2. The van der Waals surface area contributed by atoms with Crippen molar-refractivity contribution in [2.24, 2.45) is 0 Å². The molecule has 4 rings (SSSR count). The fraction of sp³-hybridized carbons (Fsp3) is 0.174. The van der Waals surface area contributed by atoms with Gasteiger partial charge in [-0.25, -0.2) is 4.79 Å². The van der Waals surface area contributed by atoms with Crippen molar-refractivity contribution in [3.05, 3.63) is 88.4 Å². The fourth-order valence-corrected chi connectivity index (χ4v) is 4.05. The number of nitrogens with zero attached hydrogens (tertiary/aromatic N) is 1. The zero-order chi connectivity index (χ0) is 20.4. The van der Waals surface area contributed by atoms with Crippen LogP contribution in [0, 0.1) is 0 Å². The third-order valence-corrected chi connectivity index (χ3v) is 5.83. The largest absolute Gasteiger partial charge is 0.378 e. The first-order chi connectivity index (χ1) is 14.0. The van der Waals surface area contributed by atoms with Gasteiger partial charge in [-0.05, 0) is 55.3 Å². The highest BCUT2D eigenvalue weighted by Gasteiger charge is 2.33. The lowest BCUT2D eigenvalue weighted by atomic mass is 9.91. The van der Waals surface area contributed by atoms with E-state index in [4.69, 9.17) is 23.2 Å². The molecule has 29 heavy (non-hydrogen) atoms. The maximum absolute atomic E-state index is 13.1. The van der Waals surface area contributed by atoms with Crippen LogP contribution < -0.4 is 15.5 Å². The van der Waals surface area contributed by atoms with Gasteiger partial charge in [-0.3, -0.25) is 4.90 Å². The molecule has 0 fully saturated rings. The Labute approximate surface area is 180 Å². The third-order valence-electron chi connectivity index (χ3n) is 5.09. The minimum Gasteiger partial charge on any atom is -0.378 e. The highest BCUT2D eigenvalue weighted by Crippen LogP contribution is 2.39. The molecule has 3 aromatic rings. The molecule has 0 bridgehead atoms. The molecule has 2 N–H and O–H groups in total. The lowest BCUT2D eigenvalue weighted by molar-refractivity contribution is 0.254. The summed E-state index contributed by atoms with van der Waals surface area (Å²) in [6.45, 7) is 2.06. The molecule has 1 heterocycles. The first kappa shape index (κ1) is 19.6. The van der Waals surface area contributed by atoms with E-state index >= 15 is 0 Å². The van der Waals surface area contributed by atoms with Crippen LogP contribution >= 0.6 is 23.2 Å². The lowest BCUT2D eigenvalue weighted by Crippen LogP contribution is -2.46. The molecule has 1 aliphatic rings. The zero-order valence-electron chi connectivity index (χ0n) is 15.9. The molecular formula is C23H21Cl2N3O. The lowest BCUT2D eigenvalue weighted by Gasteiger charge is -2.39. The smallest absolute Gasteiger partial charge is 0.326 e. The van der Waals surface area contributed by atoms with E-state index < -0.39 is 0 Å². The maximum atomic E-state index is 13.1. The number of hydrogen-bond acceptors (Lipinski definition) is 2. The number of nitrogens with one attached hydrogen (secondary N) is 2. The Hall–Kier alpha value is -2.69. The summed E-state index contributed by atoms with van der Waals surface area (Å²) < 4.78 is 0. The summed E-state index contributed by atoms with van der Waals surface area (Å²) in [5.74, 6) is 0. The van der Waals surface area contributed by atoms with Crippen molar-refractivity contribution in [3.63, 3.8) is 0 Å². The molecule has 0 aliphatic carbocycles. The van der Waals surface area contributed by atoms with Gasteiger partial charge < -0.3 is 10.6 Å². The molecular weight excluding hydrogens is 405 g/mol. The highest BCUT2D eigenvalue weighted by molar-refractivity contribution is 6.42. The van der Waals surface area contributed by atoms with Crippen molar-refractivity contribution in [1.29, 1.82) is 0 Å². The molecule has 0 unspecified atom stereocenters. The normalized spacial score (nSPS) is 18.1. The molecule has 0 radical (unpaired) electrons. The molecule has 0 spiro atoms. The number of hydrogen-bond donors (Lipinski definition) is 2. The van der Waals surface area contributed by atoms with Crippen LogP contribution in [0.1, 0.15) is 24.9 Å². The molecule has 0 aromatic heterocycles. The summed E-state index contributed by atoms with van der Waals surface area (Å²) >= 11 is 12.1. The molecule has 0 saturated heterocycles. The maximum Gasteiger partial charge on any atom is 0.326 e. The molecule has 1 aliphatic heterocycles. The number of carbonyl (C=O) groups is 1. The molecule has 3 aromatic carbocycles. The first-order valence-electron chi connectivity index (χ1n) is 9.48. The van der Waals surface area contributed by atoms with E-state index in [2.05, 4.69) is 35.8 Å². The first-order valence-corrected chi connectivity index (χ1v) is 10.2. The summed E-state index contributed by atoms with van der Waals surface area (Å²) in [4.78, 5) is 14.9. The van der Waals surface area contributed by atoms with Crippen LogP contribution in [0.5, 0.6) is 0 Å². The number of benzene rings is 3. The predicted molar refractivity (Wildman–Crippen MR) is 121 cm³/mol. The molecule has 4 nitrogen and oxygen atoms in total. The second-order valence-electron chi connectivity index (χ2n) is 7.14. The minimum absolute atomic E-state index is 0.00823. The summed E-state index contributed by atoms with van der Waals surface area (Å²) in [7, 11) is 0. The Morgan fingerprint density at radius 1 is 0.931 bits per heavy atom. The van der Waals surface area contributed by atoms with Crippen molar-refractivity contribution < 1.29 is 4.79 Å². The molecule has 148 valence electrons. The van der Waals surface area contributed by atoms with Crippen molar-refractivity contribution in [2.75, 3.05) is 15.5 Å². The van der Waals surface area contributed by atoms with Gasteiger partial charge in [0.15, 0.2) is 0 Å². The second kappa shape index (κ2) is 8.36. The molecule has 2 atom stereocenters. The van der Waals surface area contributed by atoms with Crippen LogP contribution in [0.2, 0.25) is 10.0 Å². The predicted octanol–water partition coefficient (Wildman–Crippen LogP) is 6.98. The van der Waals surface area contributed by atoms with Crippen LogP contribution in [-0.4, -0.2) is 12.1 Å². The number of fused-ring (bicyclic) bond motifs is 1. The average molecular weight is 426 g/mol.